The first kappa shape index (κ1) is 20.9. The Hall–Kier alpha value is -3.39. The molecule has 0 saturated carbocycles. The molecule has 1 aliphatic rings. The number of methoxy groups -OCH3 is 1. The zero-order valence-corrected chi connectivity index (χ0v) is 18.2. The second-order valence-corrected chi connectivity index (χ2v) is 8.40. The highest BCUT2D eigenvalue weighted by atomic mass is 32.1. The number of rotatable bonds is 4. The average Bonchev–Trinajstić information content (AvgIpc) is 3.15. The van der Waals surface area contributed by atoms with E-state index in [9.17, 15) is 14.4 Å². The highest BCUT2D eigenvalue weighted by Crippen LogP contribution is 2.37. The second kappa shape index (κ2) is 8.77. The molecular formula is C23H23N3O4S. The summed E-state index contributed by atoms with van der Waals surface area (Å²) in [4.78, 5) is 39.9. The van der Waals surface area contributed by atoms with Gasteiger partial charge in [0.2, 0.25) is 5.91 Å². The Kier molecular flexibility index (Phi) is 5.90. The number of hydrogen-bond donors (Lipinski definition) is 2. The largest absolute Gasteiger partial charge is 0.453 e. The highest BCUT2D eigenvalue weighted by molar-refractivity contribution is 7.17. The smallest absolute Gasteiger partial charge is 0.409 e. The molecule has 160 valence electrons. The summed E-state index contributed by atoms with van der Waals surface area (Å²) >= 11 is 1.34. The Morgan fingerprint density at radius 3 is 2.68 bits per heavy atom. The summed E-state index contributed by atoms with van der Waals surface area (Å²) in [6.45, 7) is 0.819. The first-order valence-corrected chi connectivity index (χ1v) is 10.8. The minimum atomic E-state index is -0.401. The van der Waals surface area contributed by atoms with Gasteiger partial charge in [0, 0.05) is 18.5 Å². The molecule has 7 nitrogen and oxygen atoms in total. The molecule has 4 rings (SSSR count). The quantitative estimate of drug-likeness (QED) is 0.653. The molecule has 3 aromatic rings. The predicted octanol–water partition coefficient (Wildman–Crippen LogP) is 3.57. The van der Waals surface area contributed by atoms with Gasteiger partial charge in [-0.3, -0.25) is 9.59 Å². The first-order chi connectivity index (χ1) is 15.0. The number of nitrogens with one attached hydrogen (secondary N) is 2. The van der Waals surface area contributed by atoms with Crippen LogP contribution in [0.2, 0.25) is 0 Å². The Morgan fingerprint density at radius 1 is 1.13 bits per heavy atom. The van der Waals surface area contributed by atoms with E-state index in [1.807, 2.05) is 42.5 Å². The van der Waals surface area contributed by atoms with Crippen LogP contribution in [0.4, 0.5) is 9.80 Å². The van der Waals surface area contributed by atoms with Gasteiger partial charge in [-0.05, 0) is 28.3 Å². The molecule has 1 aromatic heterocycles. The summed E-state index contributed by atoms with van der Waals surface area (Å²) in [7, 11) is 2.92. The predicted molar refractivity (Wildman–Crippen MR) is 121 cm³/mol. The maximum Gasteiger partial charge on any atom is 0.409 e. The third kappa shape index (κ3) is 4.11. The van der Waals surface area contributed by atoms with E-state index < -0.39 is 6.09 Å². The minimum Gasteiger partial charge on any atom is -0.453 e. The van der Waals surface area contributed by atoms with Crippen LogP contribution in [0.3, 0.4) is 0 Å². The molecule has 2 aromatic carbocycles. The van der Waals surface area contributed by atoms with E-state index >= 15 is 0 Å². The maximum atomic E-state index is 12.9. The molecule has 0 bridgehead atoms. The number of fused-ring (bicyclic) bond motifs is 2. The highest BCUT2D eigenvalue weighted by Gasteiger charge is 2.30. The summed E-state index contributed by atoms with van der Waals surface area (Å²) in [5.41, 5.74) is 2.29. The van der Waals surface area contributed by atoms with E-state index in [2.05, 4.69) is 10.6 Å². The Labute approximate surface area is 184 Å². The summed E-state index contributed by atoms with van der Waals surface area (Å²) < 4.78 is 4.82. The number of ether oxygens (including phenoxy) is 1. The fourth-order valence-electron chi connectivity index (χ4n) is 3.93. The van der Waals surface area contributed by atoms with Crippen LogP contribution in [0.5, 0.6) is 0 Å². The molecule has 0 saturated heterocycles. The monoisotopic (exact) mass is 437 g/mol. The van der Waals surface area contributed by atoms with Gasteiger partial charge in [-0.1, -0.05) is 42.5 Å². The molecule has 31 heavy (non-hydrogen) atoms. The van der Waals surface area contributed by atoms with Gasteiger partial charge in [-0.2, -0.15) is 0 Å². The Bertz CT molecular complexity index is 1170. The van der Waals surface area contributed by atoms with Crippen LogP contribution >= 0.6 is 11.3 Å². The molecule has 0 unspecified atom stereocenters. The van der Waals surface area contributed by atoms with Gasteiger partial charge in [0.05, 0.1) is 25.6 Å². The van der Waals surface area contributed by atoms with Crippen LogP contribution in [0.25, 0.3) is 10.8 Å². The lowest BCUT2D eigenvalue weighted by molar-refractivity contribution is -0.115. The Balaban J connectivity index is 1.60. The second-order valence-electron chi connectivity index (χ2n) is 7.29. The van der Waals surface area contributed by atoms with Gasteiger partial charge in [-0.25, -0.2) is 4.79 Å². The van der Waals surface area contributed by atoms with Crippen molar-refractivity contribution in [3.05, 3.63) is 64.0 Å². The molecule has 3 amide bonds. The van der Waals surface area contributed by atoms with E-state index in [1.54, 1.807) is 11.9 Å². The van der Waals surface area contributed by atoms with Gasteiger partial charge in [0.25, 0.3) is 5.91 Å². The molecule has 8 heteroatoms. The van der Waals surface area contributed by atoms with Gasteiger partial charge < -0.3 is 20.3 Å². The van der Waals surface area contributed by atoms with E-state index in [1.165, 1.54) is 18.4 Å². The van der Waals surface area contributed by atoms with Crippen molar-refractivity contribution in [3.63, 3.8) is 0 Å². The summed E-state index contributed by atoms with van der Waals surface area (Å²) in [6, 6.07) is 13.8. The van der Waals surface area contributed by atoms with Crippen molar-refractivity contribution in [1.29, 1.82) is 0 Å². The number of carbonyl (C=O) groups is 3. The molecule has 0 radical (unpaired) electrons. The number of benzene rings is 2. The molecule has 0 fully saturated rings. The first-order valence-electron chi connectivity index (χ1n) is 9.97. The zero-order chi connectivity index (χ0) is 22.0. The lowest BCUT2D eigenvalue weighted by Crippen LogP contribution is -2.35. The zero-order valence-electron chi connectivity index (χ0n) is 17.4. The fraction of sp³-hybridized carbons (Fsp3) is 0.261. The molecule has 0 atom stereocenters. The van der Waals surface area contributed by atoms with Crippen molar-refractivity contribution in [3.8, 4) is 0 Å². The SMILES string of the molecule is CNC(=O)c1c(NC(=O)Cc2cccc3ccccc23)sc2c1CCN(C(=O)OC)C2. The molecular weight excluding hydrogens is 414 g/mol. The average molecular weight is 438 g/mol. The standard InChI is InChI=1S/C23H23N3O4S/c1-24-21(28)20-17-10-11-26(23(29)30-2)13-18(17)31-22(20)25-19(27)12-15-8-5-7-14-6-3-4-9-16(14)15/h3-9H,10-13H2,1-2H3,(H,24,28)(H,25,27). The topological polar surface area (TPSA) is 87.7 Å². The van der Waals surface area contributed by atoms with Crippen molar-refractivity contribution in [2.75, 3.05) is 26.0 Å². The maximum absolute atomic E-state index is 12.9. The van der Waals surface area contributed by atoms with E-state index in [0.29, 0.717) is 30.1 Å². The van der Waals surface area contributed by atoms with Crippen LogP contribution in [0.15, 0.2) is 42.5 Å². The summed E-state index contributed by atoms with van der Waals surface area (Å²) in [5, 5.41) is 8.23. The van der Waals surface area contributed by atoms with Crippen molar-refractivity contribution < 1.29 is 19.1 Å². The van der Waals surface area contributed by atoms with Crippen molar-refractivity contribution in [2.24, 2.45) is 0 Å². The van der Waals surface area contributed by atoms with Crippen LogP contribution in [0, 0.1) is 0 Å². The third-order valence-corrected chi connectivity index (χ3v) is 6.56. The van der Waals surface area contributed by atoms with Gasteiger partial charge in [0.1, 0.15) is 5.00 Å². The van der Waals surface area contributed by atoms with Gasteiger partial charge in [-0.15, -0.1) is 11.3 Å². The van der Waals surface area contributed by atoms with E-state index in [-0.39, 0.29) is 18.2 Å². The molecule has 0 spiro atoms. The number of amides is 3. The Morgan fingerprint density at radius 2 is 1.90 bits per heavy atom. The fourth-order valence-corrected chi connectivity index (χ4v) is 5.21. The van der Waals surface area contributed by atoms with Crippen molar-refractivity contribution in [2.45, 2.75) is 19.4 Å². The van der Waals surface area contributed by atoms with Crippen LogP contribution in [0.1, 0.15) is 26.4 Å². The van der Waals surface area contributed by atoms with E-state index in [0.717, 1.165) is 26.8 Å². The summed E-state index contributed by atoms with van der Waals surface area (Å²) in [6.07, 6.45) is 0.330. The molecule has 2 heterocycles. The van der Waals surface area contributed by atoms with Crippen LogP contribution < -0.4 is 10.6 Å². The number of nitrogens with zero attached hydrogens (tertiary/aromatic N) is 1. The van der Waals surface area contributed by atoms with E-state index in [4.69, 9.17) is 4.74 Å². The number of anilines is 1. The molecule has 1 aliphatic heterocycles. The van der Waals surface area contributed by atoms with Crippen molar-refractivity contribution in [1.82, 2.24) is 10.2 Å². The third-order valence-electron chi connectivity index (χ3n) is 5.43. The lowest BCUT2D eigenvalue weighted by atomic mass is 10.0. The minimum absolute atomic E-state index is 0.190. The van der Waals surface area contributed by atoms with Gasteiger partial charge in [0.15, 0.2) is 0 Å². The van der Waals surface area contributed by atoms with Crippen molar-refractivity contribution >= 4 is 45.0 Å². The number of hydrogen-bond acceptors (Lipinski definition) is 5. The van der Waals surface area contributed by atoms with Crippen LogP contribution in [-0.4, -0.2) is 43.5 Å². The lowest BCUT2D eigenvalue weighted by Gasteiger charge is -2.25. The normalized spacial score (nSPS) is 12.9. The number of carbonyl (C=O) groups excluding carboxylic acids is 3. The van der Waals surface area contributed by atoms with Crippen LogP contribution in [-0.2, 0) is 28.9 Å². The number of thiophene rings is 1. The summed E-state index contributed by atoms with van der Waals surface area (Å²) in [5.74, 6) is -0.436. The molecule has 0 aliphatic carbocycles. The molecule has 2 N–H and O–H groups in total. The van der Waals surface area contributed by atoms with Gasteiger partial charge >= 0.3 is 6.09 Å².